The molecular formula is C20H23N3O4. The molecule has 0 atom stereocenters. The van der Waals surface area contributed by atoms with Crippen molar-refractivity contribution in [3.05, 3.63) is 42.0 Å². The Morgan fingerprint density at radius 2 is 1.67 bits per heavy atom. The Morgan fingerprint density at radius 3 is 2.30 bits per heavy atom. The molecule has 0 aliphatic carbocycles. The van der Waals surface area contributed by atoms with Crippen LogP contribution in [0.2, 0.25) is 0 Å². The molecule has 0 spiro atoms. The van der Waals surface area contributed by atoms with Crippen LogP contribution < -0.4 is 25.0 Å². The third kappa shape index (κ3) is 4.13. The zero-order chi connectivity index (χ0) is 19.4. The van der Waals surface area contributed by atoms with Gasteiger partial charge in [-0.2, -0.15) is 0 Å². The van der Waals surface area contributed by atoms with Crippen molar-refractivity contribution < 1.29 is 19.1 Å². The molecule has 0 radical (unpaired) electrons. The van der Waals surface area contributed by atoms with Crippen molar-refractivity contribution in [2.75, 3.05) is 36.3 Å². The molecule has 27 heavy (non-hydrogen) atoms. The van der Waals surface area contributed by atoms with E-state index < -0.39 is 0 Å². The fourth-order valence-corrected chi connectivity index (χ4v) is 3.16. The highest BCUT2D eigenvalue weighted by atomic mass is 16.5. The number of ether oxygens (including phenoxy) is 2. The van der Waals surface area contributed by atoms with Crippen molar-refractivity contribution in [1.29, 1.82) is 0 Å². The summed E-state index contributed by atoms with van der Waals surface area (Å²) in [5.74, 6) is 1.31. The van der Waals surface area contributed by atoms with Crippen molar-refractivity contribution in [1.82, 2.24) is 0 Å². The lowest BCUT2D eigenvalue weighted by Crippen LogP contribution is -2.34. The van der Waals surface area contributed by atoms with E-state index in [9.17, 15) is 9.59 Å². The van der Waals surface area contributed by atoms with Crippen LogP contribution in [-0.2, 0) is 11.2 Å². The fourth-order valence-electron chi connectivity index (χ4n) is 3.16. The molecule has 1 heterocycles. The Balaban J connectivity index is 1.73. The highest BCUT2D eigenvalue weighted by Crippen LogP contribution is 2.30. The summed E-state index contributed by atoms with van der Waals surface area (Å²) in [6, 6.07) is 10.4. The molecule has 0 unspecified atom stereocenters. The summed E-state index contributed by atoms with van der Waals surface area (Å²) >= 11 is 0. The minimum Gasteiger partial charge on any atom is -0.497 e. The highest BCUT2D eigenvalue weighted by molar-refractivity contribution is 6.01. The molecule has 0 aromatic heterocycles. The van der Waals surface area contributed by atoms with E-state index in [1.807, 2.05) is 19.1 Å². The van der Waals surface area contributed by atoms with Gasteiger partial charge in [-0.25, -0.2) is 4.79 Å². The lowest BCUT2D eigenvalue weighted by molar-refractivity contribution is -0.118. The van der Waals surface area contributed by atoms with Gasteiger partial charge in [0.25, 0.3) is 0 Å². The maximum atomic E-state index is 12.4. The van der Waals surface area contributed by atoms with Crippen LogP contribution in [0.25, 0.3) is 0 Å². The summed E-state index contributed by atoms with van der Waals surface area (Å²) < 4.78 is 10.4. The number of carbonyl (C=O) groups is 2. The van der Waals surface area contributed by atoms with Gasteiger partial charge in [-0.3, -0.25) is 4.79 Å². The highest BCUT2D eigenvalue weighted by Gasteiger charge is 2.23. The fraction of sp³-hybridized carbons (Fsp3) is 0.300. The van der Waals surface area contributed by atoms with Crippen molar-refractivity contribution in [2.45, 2.75) is 19.8 Å². The van der Waals surface area contributed by atoms with Crippen LogP contribution in [0.4, 0.5) is 21.9 Å². The summed E-state index contributed by atoms with van der Waals surface area (Å²) in [6.45, 7) is 2.59. The van der Waals surface area contributed by atoms with E-state index in [1.54, 1.807) is 43.4 Å². The van der Waals surface area contributed by atoms with Crippen LogP contribution in [0.1, 0.15) is 18.9 Å². The Bertz CT molecular complexity index is 844. The van der Waals surface area contributed by atoms with Gasteiger partial charge in [-0.1, -0.05) is 0 Å². The quantitative estimate of drug-likeness (QED) is 0.843. The molecule has 1 aliphatic heterocycles. The first kappa shape index (κ1) is 18.6. The molecule has 3 rings (SSSR count). The number of anilines is 3. The first-order valence-electron chi connectivity index (χ1n) is 8.78. The second-order valence-electron chi connectivity index (χ2n) is 6.16. The molecular weight excluding hydrogens is 346 g/mol. The number of fused-ring (bicyclic) bond motifs is 1. The van der Waals surface area contributed by atoms with Crippen molar-refractivity contribution >= 4 is 29.0 Å². The second kappa shape index (κ2) is 7.99. The van der Waals surface area contributed by atoms with Gasteiger partial charge in [0.15, 0.2) is 0 Å². The van der Waals surface area contributed by atoms with E-state index in [4.69, 9.17) is 9.47 Å². The molecule has 7 nitrogen and oxygen atoms in total. The molecule has 3 amide bonds. The molecule has 0 saturated heterocycles. The standard InChI is InChI=1S/C20H23N3O4/c1-4-23-18-7-6-14(9-13(18)5-8-19(23)24)21-20(25)22-15-10-16(26-2)12-17(11-15)27-3/h6-7,9-12H,4-5,8H2,1-3H3,(H2,21,22,25). The zero-order valence-electron chi connectivity index (χ0n) is 15.7. The molecule has 2 N–H and O–H groups in total. The normalized spacial score (nSPS) is 13.0. The van der Waals surface area contributed by atoms with Gasteiger partial charge in [0.1, 0.15) is 11.5 Å². The number of amides is 3. The number of aryl methyl sites for hydroxylation is 1. The smallest absolute Gasteiger partial charge is 0.323 e. The predicted molar refractivity (Wildman–Crippen MR) is 105 cm³/mol. The summed E-state index contributed by atoms with van der Waals surface area (Å²) in [5, 5.41) is 5.60. The van der Waals surface area contributed by atoms with E-state index >= 15 is 0 Å². The van der Waals surface area contributed by atoms with E-state index in [0.29, 0.717) is 42.3 Å². The first-order valence-corrected chi connectivity index (χ1v) is 8.78. The molecule has 0 bridgehead atoms. The minimum absolute atomic E-state index is 0.135. The molecule has 1 aliphatic rings. The molecule has 142 valence electrons. The number of nitrogens with one attached hydrogen (secondary N) is 2. The van der Waals surface area contributed by atoms with Gasteiger partial charge >= 0.3 is 6.03 Å². The Kier molecular flexibility index (Phi) is 5.49. The lowest BCUT2D eigenvalue weighted by atomic mass is 10.0. The number of rotatable bonds is 5. The molecule has 7 heteroatoms. The monoisotopic (exact) mass is 369 g/mol. The van der Waals surface area contributed by atoms with Crippen molar-refractivity contribution in [3.8, 4) is 11.5 Å². The summed E-state index contributed by atoms with van der Waals surface area (Å²) in [7, 11) is 3.10. The Morgan fingerprint density at radius 1 is 1.00 bits per heavy atom. The molecule has 2 aromatic carbocycles. The summed E-state index contributed by atoms with van der Waals surface area (Å²) in [6.07, 6.45) is 1.16. The lowest BCUT2D eigenvalue weighted by Gasteiger charge is -2.28. The topological polar surface area (TPSA) is 79.9 Å². The number of hydrogen-bond donors (Lipinski definition) is 2. The van der Waals surface area contributed by atoms with Crippen LogP contribution in [0, 0.1) is 0 Å². The number of methoxy groups -OCH3 is 2. The number of nitrogens with zero attached hydrogens (tertiary/aromatic N) is 1. The minimum atomic E-state index is -0.371. The van der Waals surface area contributed by atoms with Gasteiger partial charge < -0.3 is 25.0 Å². The van der Waals surface area contributed by atoms with Crippen molar-refractivity contribution in [3.63, 3.8) is 0 Å². The van der Waals surface area contributed by atoms with Gasteiger partial charge in [0.05, 0.1) is 14.2 Å². The Hall–Kier alpha value is -3.22. The average molecular weight is 369 g/mol. The maximum Gasteiger partial charge on any atom is 0.323 e. The maximum absolute atomic E-state index is 12.4. The number of urea groups is 1. The summed E-state index contributed by atoms with van der Waals surface area (Å²) in [4.78, 5) is 26.1. The van der Waals surface area contributed by atoms with E-state index in [2.05, 4.69) is 10.6 Å². The van der Waals surface area contributed by atoms with E-state index in [0.717, 1.165) is 11.3 Å². The largest absolute Gasteiger partial charge is 0.497 e. The second-order valence-corrected chi connectivity index (χ2v) is 6.16. The Labute approximate surface area is 158 Å². The van der Waals surface area contributed by atoms with Crippen LogP contribution >= 0.6 is 0 Å². The zero-order valence-corrected chi connectivity index (χ0v) is 15.7. The SMILES string of the molecule is CCN1C(=O)CCc2cc(NC(=O)Nc3cc(OC)cc(OC)c3)ccc21. The van der Waals surface area contributed by atoms with Gasteiger partial charge in [0, 0.05) is 48.2 Å². The van der Waals surface area contributed by atoms with Crippen LogP contribution in [0.15, 0.2) is 36.4 Å². The summed E-state index contributed by atoms with van der Waals surface area (Å²) in [5.41, 5.74) is 3.20. The number of hydrogen-bond acceptors (Lipinski definition) is 4. The van der Waals surface area contributed by atoms with Crippen LogP contribution in [0.3, 0.4) is 0 Å². The van der Waals surface area contributed by atoms with Crippen molar-refractivity contribution in [2.24, 2.45) is 0 Å². The first-order chi connectivity index (χ1) is 13.0. The van der Waals surface area contributed by atoms with Crippen LogP contribution in [-0.4, -0.2) is 32.7 Å². The molecule has 0 saturated carbocycles. The van der Waals surface area contributed by atoms with Crippen LogP contribution in [0.5, 0.6) is 11.5 Å². The average Bonchev–Trinajstić information content (AvgIpc) is 2.67. The van der Waals surface area contributed by atoms with E-state index in [1.165, 1.54) is 0 Å². The molecule has 0 fully saturated rings. The third-order valence-electron chi connectivity index (χ3n) is 4.46. The van der Waals surface area contributed by atoms with E-state index in [-0.39, 0.29) is 11.9 Å². The third-order valence-corrected chi connectivity index (χ3v) is 4.46. The predicted octanol–water partition coefficient (Wildman–Crippen LogP) is 3.65. The number of carbonyl (C=O) groups excluding carboxylic acids is 2. The van der Waals surface area contributed by atoms with Gasteiger partial charge in [-0.05, 0) is 37.1 Å². The van der Waals surface area contributed by atoms with Gasteiger partial charge in [0.2, 0.25) is 5.91 Å². The molecule has 2 aromatic rings. The van der Waals surface area contributed by atoms with Gasteiger partial charge in [-0.15, -0.1) is 0 Å². The number of benzene rings is 2.